The highest BCUT2D eigenvalue weighted by atomic mass is 32.2. The predicted molar refractivity (Wildman–Crippen MR) is 120 cm³/mol. The van der Waals surface area contributed by atoms with E-state index < -0.39 is 11.6 Å². The Bertz CT molecular complexity index is 1130. The van der Waals surface area contributed by atoms with Crippen molar-refractivity contribution in [1.82, 2.24) is 4.90 Å². The Kier molecular flexibility index (Phi) is 6.04. The number of benzene rings is 2. The molecular weight excluding hydrogens is 428 g/mol. The van der Waals surface area contributed by atoms with Crippen molar-refractivity contribution in [2.75, 3.05) is 26.6 Å². The summed E-state index contributed by atoms with van der Waals surface area (Å²) in [4.78, 5) is 14.7. The molecule has 0 saturated carbocycles. The van der Waals surface area contributed by atoms with Crippen molar-refractivity contribution < 1.29 is 24.1 Å². The Balaban J connectivity index is 1.76. The van der Waals surface area contributed by atoms with Crippen molar-refractivity contribution in [3.8, 4) is 23.3 Å². The van der Waals surface area contributed by atoms with E-state index in [9.17, 15) is 15.2 Å². The summed E-state index contributed by atoms with van der Waals surface area (Å²) in [5.74, 6) is 1.30. The number of methoxy groups -OCH3 is 2. The van der Waals surface area contributed by atoms with Gasteiger partial charge < -0.3 is 19.3 Å². The van der Waals surface area contributed by atoms with Crippen LogP contribution in [0.4, 0.5) is 0 Å². The highest BCUT2D eigenvalue weighted by molar-refractivity contribution is 8.03. The lowest BCUT2D eigenvalue weighted by atomic mass is 9.85. The van der Waals surface area contributed by atoms with Crippen molar-refractivity contribution in [1.29, 1.82) is 5.26 Å². The monoisotopic (exact) mass is 452 g/mol. The van der Waals surface area contributed by atoms with Crippen LogP contribution in [0.1, 0.15) is 30.4 Å². The van der Waals surface area contributed by atoms with Crippen LogP contribution in [0.2, 0.25) is 0 Å². The lowest BCUT2D eigenvalue weighted by molar-refractivity contribution is -0.149. The molecule has 1 saturated heterocycles. The van der Waals surface area contributed by atoms with Crippen molar-refractivity contribution >= 4 is 17.7 Å². The average Bonchev–Trinajstić information content (AvgIpc) is 3.18. The zero-order valence-corrected chi connectivity index (χ0v) is 18.9. The number of thioether (sulfide) groups is 1. The zero-order valence-electron chi connectivity index (χ0n) is 18.1. The van der Waals surface area contributed by atoms with Gasteiger partial charge in [0, 0.05) is 17.9 Å². The largest absolute Gasteiger partial charge is 0.497 e. The van der Waals surface area contributed by atoms with Gasteiger partial charge in [-0.15, -0.1) is 11.8 Å². The van der Waals surface area contributed by atoms with Gasteiger partial charge in [0.1, 0.15) is 5.75 Å². The molecular formula is C24H24N2O5S. The highest BCUT2D eigenvalue weighted by Gasteiger charge is 2.52. The third-order valence-electron chi connectivity index (χ3n) is 5.73. The smallest absolute Gasteiger partial charge is 0.231 e. The number of carbonyl (C=O) groups excluding carboxylic acids is 1. The molecule has 2 aromatic carbocycles. The van der Waals surface area contributed by atoms with E-state index in [1.165, 1.54) is 16.7 Å². The standard InChI is InChI=1S/C24H24N2O5S/c1-4-31-20-9-8-15(10-21(20)30-3)18-12-22(27)26-23(19(18)13-25)32-14-24(26,28)16-6-5-7-17(11-16)29-2/h5-11,18,28H,4,12,14H2,1-3H3/t18-,24-/m0/s1. The fraction of sp³-hybridized carbons (Fsp3) is 0.333. The summed E-state index contributed by atoms with van der Waals surface area (Å²) in [6.07, 6.45) is 0.0658. The molecule has 1 N–H and O–H groups in total. The topological polar surface area (TPSA) is 92.0 Å². The van der Waals surface area contributed by atoms with Gasteiger partial charge in [-0.05, 0) is 36.8 Å². The molecule has 0 spiro atoms. The summed E-state index contributed by atoms with van der Waals surface area (Å²) >= 11 is 1.31. The summed E-state index contributed by atoms with van der Waals surface area (Å²) in [6, 6.07) is 14.8. The van der Waals surface area contributed by atoms with Gasteiger partial charge in [0.05, 0.1) is 43.3 Å². The Labute approximate surface area is 191 Å². The first-order valence-corrected chi connectivity index (χ1v) is 11.2. The number of nitrogens with zero attached hydrogens (tertiary/aromatic N) is 2. The fourth-order valence-corrected chi connectivity index (χ4v) is 5.53. The van der Waals surface area contributed by atoms with Crippen LogP contribution in [-0.4, -0.2) is 42.5 Å². The van der Waals surface area contributed by atoms with Crippen LogP contribution in [-0.2, 0) is 10.5 Å². The van der Waals surface area contributed by atoms with E-state index in [0.29, 0.717) is 40.0 Å². The van der Waals surface area contributed by atoms with E-state index in [4.69, 9.17) is 14.2 Å². The van der Waals surface area contributed by atoms with E-state index in [2.05, 4.69) is 6.07 Å². The van der Waals surface area contributed by atoms with Crippen LogP contribution in [0, 0.1) is 11.3 Å². The molecule has 166 valence electrons. The maximum Gasteiger partial charge on any atom is 0.231 e. The van der Waals surface area contributed by atoms with Crippen molar-refractivity contribution in [2.45, 2.75) is 25.0 Å². The van der Waals surface area contributed by atoms with E-state index in [-0.39, 0.29) is 18.1 Å². The summed E-state index contributed by atoms with van der Waals surface area (Å²) in [6.45, 7) is 2.39. The molecule has 2 aromatic rings. The second-order valence-corrected chi connectivity index (χ2v) is 8.46. The van der Waals surface area contributed by atoms with Gasteiger partial charge in [0.15, 0.2) is 17.2 Å². The SMILES string of the molecule is CCOc1ccc([C@@H]2CC(=O)N3C(=C2C#N)SC[C@]3(O)c2cccc(OC)c2)cc1OC. The molecule has 2 aliphatic heterocycles. The predicted octanol–water partition coefficient (Wildman–Crippen LogP) is 3.75. The second kappa shape index (κ2) is 8.77. The van der Waals surface area contributed by atoms with E-state index in [1.807, 2.05) is 19.1 Å². The molecule has 2 atom stereocenters. The molecule has 0 radical (unpaired) electrons. The number of aliphatic hydroxyl groups is 1. The first-order chi connectivity index (χ1) is 15.5. The number of allylic oxidation sites excluding steroid dienone is 1. The van der Waals surface area contributed by atoms with Crippen LogP contribution in [0.25, 0.3) is 0 Å². The molecule has 7 nitrogen and oxygen atoms in total. The lowest BCUT2D eigenvalue weighted by Crippen LogP contribution is -2.48. The molecule has 0 bridgehead atoms. The highest BCUT2D eigenvalue weighted by Crippen LogP contribution is 2.52. The molecule has 32 heavy (non-hydrogen) atoms. The minimum atomic E-state index is -1.55. The first kappa shape index (κ1) is 22.1. The van der Waals surface area contributed by atoms with Gasteiger partial charge >= 0.3 is 0 Å². The van der Waals surface area contributed by atoms with Gasteiger partial charge in [-0.3, -0.25) is 9.69 Å². The van der Waals surface area contributed by atoms with Crippen molar-refractivity contribution in [3.05, 3.63) is 64.2 Å². The van der Waals surface area contributed by atoms with Gasteiger partial charge in [-0.2, -0.15) is 5.26 Å². The zero-order chi connectivity index (χ0) is 22.9. The third-order valence-corrected chi connectivity index (χ3v) is 6.96. The van der Waals surface area contributed by atoms with E-state index in [1.54, 1.807) is 44.6 Å². The minimum Gasteiger partial charge on any atom is -0.497 e. The molecule has 0 unspecified atom stereocenters. The second-order valence-electron chi connectivity index (χ2n) is 7.50. The molecule has 1 amide bonds. The number of fused-ring (bicyclic) bond motifs is 1. The van der Waals surface area contributed by atoms with Crippen LogP contribution >= 0.6 is 11.8 Å². The third kappa shape index (κ3) is 3.57. The number of amides is 1. The van der Waals surface area contributed by atoms with Gasteiger partial charge in [-0.1, -0.05) is 18.2 Å². The molecule has 1 fully saturated rings. The molecule has 2 aliphatic rings. The Hall–Kier alpha value is -3.15. The number of hydrogen-bond donors (Lipinski definition) is 1. The summed E-state index contributed by atoms with van der Waals surface area (Å²) in [7, 11) is 3.10. The summed E-state index contributed by atoms with van der Waals surface area (Å²) < 4.78 is 16.3. The van der Waals surface area contributed by atoms with Gasteiger partial charge in [0.2, 0.25) is 5.91 Å². The summed E-state index contributed by atoms with van der Waals surface area (Å²) in [5.41, 5.74) is 0.250. The number of carbonyl (C=O) groups is 1. The summed E-state index contributed by atoms with van der Waals surface area (Å²) in [5, 5.41) is 22.1. The maximum absolute atomic E-state index is 13.3. The first-order valence-electron chi connectivity index (χ1n) is 10.2. The van der Waals surface area contributed by atoms with E-state index >= 15 is 0 Å². The molecule has 2 heterocycles. The lowest BCUT2D eigenvalue weighted by Gasteiger charge is -2.38. The minimum absolute atomic E-state index is 0.0658. The number of ether oxygens (including phenoxy) is 3. The van der Waals surface area contributed by atoms with E-state index in [0.717, 1.165) is 5.56 Å². The van der Waals surface area contributed by atoms with Gasteiger partial charge in [0.25, 0.3) is 0 Å². The number of nitriles is 1. The van der Waals surface area contributed by atoms with Crippen molar-refractivity contribution in [2.24, 2.45) is 0 Å². The number of rotatable bonds is 6. The Morgan fingerprint density at radius 1 is 1.22 bits per heavy atom. The van der Waals surface area contributed by atoms with Gasteiger partial charge in [-0.25, -0.2) is 0 Å². The molecule has 0 aliphatic carbocycles. The van der Waals surface area contributed by atoms with Crippen LogP contribution in [0.3, 0.4) is 0 Å². The molecule has 0 aromatic heterocycles. The Morgan fingerprint density at radius 3 is 2.72 bits per heavy atom. The quantitative estimate of drug-likeness (QED) is 0.714. The fourth-order valence-electron chi connectivity index (χ4n) is 4.17. The normalized spacial score (nSPS) is 22.4. The van der Waals surface area contributed by atoms with Crippen LogP contribution < -0.4 is 14.2 Å². The molecule has 8 heteroatoms. The molecule has 4 rings (SSSR count). The van der Waals surface area contributed by atoms with Crippen LogP contribution in [0.15, 0.2) is 53.1 Å². The Morgan fingerprint density at radius 2 is 2.03 bits per heavy atom. The number of hydrogen-bond acceptors (Lipinski definition) is 7. The van der Waals surface area contributed by atoms with Crippen LogP contribution in [0.5, 0.6) is 17.2 Å². The maximum atomic E-state index is 13.3. The van der Waals surface area contributed by atoms with Crippen molar-refractivity contribution in [3.63, 3.8) is 0 Å². The average molecular weight is 453 g/mol.